The van der Waals surface area contributed by atoms with Gasteiger partial charge >= 0.3 is 0 Å². The predicted octanol–water partition coefficient (Wildman–Crippen LogP) is 2.39. The Morgan fingerprint density at radius 3 is 2.50 bits per heavy atom. The highest BCUT2D eigenvalue weighted by Crippen LogP contribution is 2.22. The van der Waals surface area contributed by atoms with Gasteiger partial charge in [-0.3, -0.25) is 0 Å². The van der Waals surface area contributed by atoms with E-state index in [1.807, 2.05) is 6.92 Å². The normalized spacial score (nSPS) is 16.3. The highest BCUT2D eigenvalue weighted by Gasteiger charge is 2.25. The number of benzene rings is 1. The van der Waals surface area contributed by atoms with Gasteiger partial charge in [-0.25, -0.2) is 23.1 Å². The summed E-state index contributed by atoms with van der Waals surface area (Å²) in [5.74, 6) is 0.684. The van der Waals surface area contributed by atoms with Crippen LogP contribution in [-0.4, -0.2) is 37.5 Å². The first kappa shape index (κ1) is 17.1. The van der Waals surface area contributed by atoms with Crippen molar-refractivity contribution in [3.05, 3.63) is 47.2 Å². The van der Waals surface area contributed by atoms with E-state index < -0.39 is 10.0 Å². The average Bonchev–Trinajstić information content (AvgIpc) is 2.58. The fourth-order valence-electron chi connectivity index (χ4n) is 2.68. The molecule has 1 aliphatic rings. The lowest BCUT2D eigenvalue weighted by Gasteiger charge is -2.32. The smallest absolute Gasteiger partial charge is 0.240 e. The van der Waals surface area contributed by atoms with Gasteiger partial charge in [0, 0.05) is 36.5 Å². The van der Waals surface area contributed by atoms with Crippen molar-refractivity contribution >= 4 is 27.6 Å². The van der Waals surface area contributed by atoms with Crippen molar-refractivity contribution in [2.45, 2.75) is 30.7 Å². The zero-order chi connectivity index (χ0) is 17.2. The molecule has 0 amide bonds. The second-order valence-corrected chi connectivity index (χ2v) is 7.96. The van der Waals surface area contributed by atoms with Crippen molar-refractivity contribution in [3.8, 4) is 0 Å². The summed E-state index contributed by atoms with van der Waals surface area (Å²) < 4.78 is 27.8. The number of hydrogen-bond acceptors (Lipinski definition) is 5. The molecule has 128 valence electrons. The number of rotatable bonds is 4. The minimum absolute atomic E-state index is 0.102. The highest BCUT2D eigenvalue weighted by molar-refractivity contribution is 7.89. The van der Waals surface area contributed by atoms with Crippen molar-refractivity contribution in [2.75, 3.05) is 18.0 Å². The Kier molecular flexibility index (Phi) is 5.03. The molecule has 3 rings (SSSR count). The molecule has 0 unspecified atom stereocenters. The lowest BCUT2D eigenvalue weighted by molar-refractivity contribution is 0.456. The highest BCUT2D eigenvalue weighted by atomic mass is 35.5. The van der Waals surface area contributed by atoms with Crippen molar-refractivity contribution in [1.29, 1.82) is 0 Å². The fourth-order valence-corrected chi connectivity index (χ4v) is 4.26. The standard InChI is InChI=1S/C16H19ClN4O2S/c1-12-3-4-14(11-15(12)17)24(22,23)20-13-5-9-21(10-6-13)16-18-7-2-8-19-16/h2-4,7-8,11,13,20H,5-6,9-10H2,1H3. The van der Waals surface area contributed by atoms with Crippen molar-refractivity contribution in [3.63, 3.8) is 0 Å². The molecule has 0 saturated carbocycles. The Morgan fingerprint density at radius 1 is 1.21 bits per heavy atom. The molecule has 24 heavy (non-hydrogen) atoms. The number of halogens is 1. The maximum atomic E-state index is 12.5. The lowest BCUT2D eigenvalue weighted by Crippen LogP contribution is -2.45. The molecule has 2 aromatic rings. The van der Waals surface area contributed by atoms with Gasteiger partial charge in [-0.2, -0.15) is 0 Å². The largest absolute Gasteiger partial charge is 0.341 e. The van der Waals surface area contributed by atoms with Crippen LogP contribution in [0.3, 0.4) is 0 Å². The number of aryl methyl sites for hydroxylation is 1. The molecule has 1 saturated heterocycles. The second-order valence-electron chi connectivity index (χ2n) is 5.84. The van der Waals surface area contributed by atoms with Crippen molar-refractivity contribution in [2.24, 2.45) is 0 Å². The molecular formula is C16H19ClN4O2S. The molecule has 0 aliphatic carbocycles. The molecule has 1 N–H and O–H groups in total. The van der Waals surface area contributed by atoms with Crippen LogP contribution in [0.4, 0.5) is 5.95 Å². The van der Waals surface area contributed by atoms with Crippen LogP contribution in [0.1, 0.15) is 18.4 Å². The van der Waals surface area contributed by atoms with Crippen LogP contribution in [0.2, 0.25) is 5.02 Å². The number of nitrogens with one attached hydrogen (secondary N) is 1. The molecule has 2 heterocycles. The number of sulfonamides is 1. The van der Waals surface area contributed by atoms with Gasteiger partial charge in [0.15, 0.2) is 0 Å². The van der Waals surface area contributed by atoms with Crippen LogP contribution in [0.15, 0.2) is 41.6 Å². The van der Waals surface area contributed by atoms with E-state index >= 15 is 0 Å². The van der Waals surface area contributed by atoms with E-state index in [0.29, 0.717) is 36.9 Å². The van der Waals surface area contributed by atoms with Crippen LogP contribution in [0.25, 0.3) is 0 Å². The van der Waals surface area contributed by atoms with Gasteiger partial charge in [0.2, 0.25) is 16.0 Å². The maximum absolute atomic E-state index is 12.5. The van der Waals surface area contributed by atoms with E-state index in [2.05, 4.69) is 19.6 Å². The van der Waals surface area contributed by atoms with Crippen molar-refractivity contribution in [1.82, 2.24) is 14.7 Å². The number of piperidine rings is 1. The quantitative estimate of drug-likeness (QED) is 0.899. The Hall–Kier alpha value is -1.70. The molecule has 0 spiro atoms. The summed E-state index contributed by atoms with van der Waals surface area (Å²) in [6, 6.07) is 6.46. The minimum atomic E-state index is -3.57. The molecule has 8 heteroatoms. The maximum Gasteiger partial charge on any atom is 0.240 e. The number of anilines is 1. The van der Waals surface area contributed by atoms with Crippen LogP contribution in [0, 0.1) is 6.92 Å². The number of nitrogens with zero attached hydrogens (tertiary/aromatic N) is 3. The number of hydrogen-bond donors (Lipinski definition) is 1. The van der Waals surface area contributed by atoms with E-state index in [1.165, 1.54) is 6.07 Å². The van der Waals surface area contributed by atoms with Crippen molar-refractivity contribution < 1.29 is 8.42 Å². The van der Waals surface area contributed by atoms with E-state index in [0.717, 1.165) is 5.56 Å². The molecule has 1 aromatic heterocycles. The monoisotopic (exact) mass is 366 g/mol. The van der Waals surface area contributed by atoms with Crippen LogP contribution in [-0.2, 0) is 10.0 Å². The third-order valence-electron chi connectivity index (χ3n) is 4.11. The molecule has 1 aromatic carbocycles. The average molecular weight is 367 g/mol. The molecule has 0 radical (unpaired) electrons. The Morgan fingerprint density at radius 2 is 1.88 bits per heavy atom. The van der Waals surface area contributed by atoms with Gasteiger partial charge in [0.25, 0.3) is 0 Å². The summed E-state index contributed by atoms with van der Waals surface area (Å²) in [4.78, 5) is 10.7. The van der Waals surface area contributed by atoms with E-state index in [1.54, 1.807) is 30.6 Å². The molecule has 1 aliphatic heterocycles. The SMILES string of the molecule is Cc1ccc(S(=O)(=O)NC2CCN(c3ncccn3)CC2)cc1Cl. The minimum Gasteiger partial charge on any atom is -0.341 e. The zero-order valence-corrected chi connectivity index (χ0v) is 14.9. The molecule has 0 atom stereocenters. The van der Waals surface area contributed by atoms with Gasteiger partial charge in [0.1, 0.15) is 0 Å². The first-order valence-electron chi connectivity index (χ1n) is 7.76. The van der Waals surface area contributed by atoms with Crippen LogP contribution < -0.4 is 9.62 Å². The molecular weight excluding hydrogens is 348 g/mol. The van der Waals surface area contributed by atoms with Gasteiger partial charge < -0.3 is 4.90 Å². The summed E-state index contributed by atoms with van der Waals surface area (Å²) in [6.45, 7) is 3.27. The first-order chi connectivity index (χ1) is 11.5. The van der Waals surface area contributed by atoms with Gasteiger partial charge in [-0.15, -0.1) is 0 Å². The summed E-state index contributed by atoms with van der Waals surface area (Å²) in [7, 11) is -3.57. The Balaban J connectivity index is 1.64. The van der Waals surface area contributed by atoms with E-state index in [-0.39, 0.29) is 10.9 Å². The van der Waals surface area contributed by atoms with Gasteiger partial charge in [-0.05, 0) is 43.5 Å². The van der Waals surface area contributed by atoms with Crippen LogP contribution in [0.5, 0.6) is 0 Å². The fraction of sp³-hybridized carbons (Fsp3) is 0.375. The lowest BCUT2D eigenvalue weighted by atomic mass is 10.1. The third kappa shape index (κ3) is 3.85. The summed E-state index contributed by atoms with van der Waals surface area (Å²) in [5, 5.41) is 0.453. The number of aromatic nitrogens is 2. The Labute approximate surface area is 146 Å². The van der Waals surface area contributed by atoms with E-state index in [4.69, 9.17) is 11.6 Å². The van der Waals surface area contributed by atoms with Gasteiger partial charge in [0.05, 0.1) is 4.90 Å². The Bertz CT molecular complexity index is 806. The molecule has 0 bridgehead atoms. The zero-order valence-electron chi connectivity index (χ0n) is 13.3. The first-order valence-corrected chi connectivity index (χ1v) is 9.62. The summed E-state index contributed by atoms with van der Waals surface area (Å²) in [5.41, 5.74) is 0.854. The second kappa shape index (κ2) is 7.04. The van der Waals surface area contributed by atoms with Crippen LogP contribution >= 0.6 is 11.6 Å². The summed E-state index contributed by atoms with van der Waals surface area (Å²) in [6.07, 6.45) is 4.82. The topological polar surface area (TPSA) is 75.2 Å². The summed E-state index contributed by atoms with van der Waals surface area (Å²) >= 11 is 6.04. The third-order valence-corrected chi connectivity index (χ3v) is 6.03. The predicted molar refractivity (Wildman–Crippen MR) is 93.8 cm³/mol. The van der Waals surface area contributed by atoms with E-state index in [9.17, 15) is 8.42 Å². The van der Waals surface area contributed by atoms with Gasteiger partial charge in [-0.1, -0.05) is 17.7 Å². The molecule has 6 nitrogen and oxygen atoms in total. The molecule has 1 fully saturated rings.